The average Bonchev–Trinajstić information content (AvgIpc) is 2.48. The van der Waals surface area contributed by atoms with Crippen molar-refractivity contribution < 1.29 is 9.72 Å². The molecule has 0 atom stereocenters. The lowest BCUT2D eigenvalue weighted by atomic mass is 10.1. The van der Waals surface area contributed by atoms with Gasteiger partial charge in [-0.25, -0.2) is 0 Å². The van der Waals surface area contributed by atoms with Crippen molar-refractivity contribution in [2.24, 2.45) is 0 Å². The van der Waals surface area contributed by atoms with Crippen molar-refractivity contribution in [3.8, 4) is 0 Å². The Morgan fingerprint density at radius 3 is 2.45 bits per heavy atom. The lowest BCUT2D eigenvalue weighted by molar-refractivity contribution is -0.384. The molecular weight excluding hydrogens is 284 g/mol. The molecule has 0 aliphatic carbocycles. The van der Waals surface area contributed by atoms with Crippen molar-refractivity contribution >= 4 is 23.0 Å². The third-order valence-electron chi connectivity index (χ3n) is 4.05. The maximum atomic E-state index is 11.4. The van der Waals surface area contributed by atoms with Gasteiger partial charge in [0.25, 0.3) is 5.69 Å². The van der Waals surface area contributed by atoms with E-state index in [0.717, 1.165) is 38.3 Å². The first-order chi connectivity index (χ1) is 10.4. The summed E-state index contributed by atoms with van der Waals surface area (Å²) in [6.07, 6.45) is 0. The maximum absolute atomic E-state index is 11.4. The van der Waals surface area contributed by atoms with Gasteiger partial charge in [0.1, 0.15) is 5.69 Å². The number of nitro groups is 1. The number of rotatable bonds is 4. The molecule has 2 rings (SSSR count). The largest absolute Gasteiger partial charge is 0.363 e. The van der Waals surface area contributed by atoms with Crippen LogP contribution < -0.4 is 10.2 Å². The number of nitrogens with one attached hydrogen (secondary N) is 1. The van der Waals surface area contributed by atoms with Crippen LogP contribution in [0.3, 0.4) is 0 Å². The third kappa shape index (κ3) is 3.36. The van der Waals surface area contributed by atoms with E-state index in [1.54, 1.807) is 6.07 Å². The van der Waals surface area contributed by atoms with E-state index >= 15 is 0 Å². The average molecular weight is 306 g/mol. The van der Waals surface area contributed by atoms with E-state index < -0.39 is 0 Å². The van der Waals surface area contributed by atoms with Crippen molar-refractivity contribution in [2.45, 2.75) is 20.8 Å². The number of anilines is 2. The second kappa shape index (κ2) is 6.74. The van der Waals surface area contributed by atoms with Gasteiger partial charge in [0, 0.05) is 50.4 Å². The van der Waals surface area contributed by atoms with E-state index in [-0.39, 0.29) is 16.5 Å². The van der Waals surface area contributed by atoms with Gasteiger partial charge in [-0.05, 0) is 19.5 Å². The number of nitro benzene ring substituents is 1. The van der Waals surface area contributed by atoms with Crippen LogP contribution in [0.2, 0.25) is 0 Å². The van der Waals surface area contributed by atoms with Crippen LogP contribution in [0.1, 0.15) is 19.4 Å². The number of amides is 1. The Bertz CT molecular complexity index is 580. The molecule has 1 saturated heterocycles. The van der Waals surface area contributed by atoms with E-state index in [1.807, 2.05) is 11.8 Å². The zero-order valence-corrected chi connectivity index (χ0v) is 13.3. The van der Waals surface area contributed by atoms with Crippen molar-refractivity contribution in [1.29, 1.82) is 0 Å². The first kappa shape index (κ1) is 16.2. The summed E-state index contributed by atoms with van der Waals surface area (Å²) in [6, 6.07) is 3.07. The molecule has 1 aliphatic rings. The van der Waals surface area contributed by atoms with Gasteiger partial charge in [-0.2, -0.15) is 0 Å². The predicted molar refractivity (Wildman–Crippen MR) is 86.5 cm³/mol. The SMILES string of the molecule is CCN1CCN(c2c([N+](=O)[O-])ccc(NC(C)=O)c2C)CC1. The normalized spacial score (nSPS) is 15.7. The standard InChI is InChI=1S/C15H22N4O3/c1-4-17-7-9-18(10-8-17)15-11(2)13(16-12(3)20)5-6-14(15)19(21)22/h5-6H,4,7-10H2,1-3H3,(H,16,20). The van der Waals surface area contributed by atoms with E-state index in [0.29, 0.717) is 11.4 Å². The van der Waals surface area contributed by atoms with Gasteiger partial charge in [-0.15, -0.1) is 0 Å². The number of benzene rings is 1. The highest BCUT2D eigenvalue weighted by Gasteiger charge is 2.26. The van der Waals surface area contributed by atoms with Crippen molar-refractivity contribution in [2.75, 3.05) is 42.9 Å². The molecule has 1 aromatic rings. The molecule has 1 amide bonds. The fourth-order valence-corrected chi connectivity index (χ4v) is 2.85. The first-order valence-corrected chi connectivity index (χ1v) is 7.47. The lowest BCUT2D eigenvalue weighted by Gasteiger charge is -2.36. The smallest absolute Gasteiger partial charge is 0.292 e. The van der Waals surface area contributed by atoms with Crippen LogP contribution in [0.25, 0.3) is 0 Å². The maximum Gasteiger partial charge on any atom is 0.292 e. The van der Waals surface area contributed by atoms with Crippen LogP contribution in [0, 0.1) is 17.0 Å². The quantitative estimate of drug-likeness (QED) is 0.680. The van der Waals surface area contributed by atoms with Gasteiger partial charge in [-0.3, -0.25) is 14.9 Å². The Hall–Kier alpha value is -2.15. The Labute approximate surface area is 130 Å². The van der Waals surface area contributed by atoms with Crippen LogP contribution in [0.4, 0.5) is 17.1 Å². The molecule has 0 aromatic heterocycles. The van der Waals surface area contributed by atoms with Crippen molar-refractivity contribution in [3.63, 3.8) is 0 Å². The monoisotopic (exact) mass is 306 g/mol. The second-order valence-corrected chi connectivity index (χ2v) is 5.47. The van der Waals surface area contributed by atoms with E-state index in [2.05, 4.69) is 17.1 Å². The molecule has 120 valence electrons. The van der Waals surface area contributed by atoms with Crippen molar-refractivity contribution in [1.82, 2.24) is 4.90 Å². The van der Waals surface area contributed by atoms with Gasteiger partial charge in [-0.1, -0.05) is 6.92 Å². The summed E-state index contributed by atoms with van der Waals surface area (Å²) >= 11 is 0. The Morgan fingerprint density at radius 2 is 1.95 bits per heavy atom. The summed E-state index contributed by atoms with van der Waals surface area (Å²) in [6.45, 7) is 9.62. The fraction of sp³-hybridized carbons (Fsp3) is 0.533. The summed E-state index contributed by atoms with van der Waals surface area (Å²) in [5.41, 5.74) is 2.09. The minimum atomic E-state index is -0.355. The molecule has 1 fully saturated rings. The minimum absolute atomic E-state index is 0.0940. The van der Waals surface area contributed by atoms with Crippen LogP contribution in [0.15, 0.2) is 12.1 Å². The zero-order chi connectivity index (χ0) is 16.3. The zero-order valence-electron chi connectivity index (χ0n) is 13.3. The molecule has 7 heteroatoms. The van der Waals surface area contributed by atoms with Gasteiger partial charge in [0.2, 0.25) is 5.91 Å². The predicted octanol–water partition coefficient (Wildman–Crippen LogP) is 2.00. The van der Waals surface area contributed by atoms with Crippen LogP contribution in [-0.4, -0.2) is 48.5 Å². The summed E-state index contributed by atoms with van der Waals surface area (Å²) in [7, 11) is 0. The molecule has 1 N–H and O–H groups in total. The highest BCUT2D eigenvalue weighted by Crippen LogP contribution is 2.36. The highest BCUT2D eigenvalue weighted by molar-refractivity contribution is 5.91. The lowest BCUT2D eigenvalue weighted by Crippen LogP contribution is -2.46. The Kier molecular flexibility index (Phi) is 4.97. The number of carbonyl (C=O) groups excluding carboxylic acids is 1. The topological polar surface area (TPSA) is 78.7 Å². The molecule has 1 aliphatic heterocycles. The molecule has 0 saturated carbocycles. The number of carbonyl (C=O) groups is 1. The van der Waals surface area contributed by atoms with Crippen LogP contribution >= 0.6 is 0 Å². The highest BCUT2D eigenvalue weighted by atomic mass is 16.6. The molecule has 0 bridgehead atoms. The van der Waals surface area contributed by atoms with Gasteiger partial charge >= 0.3 is 0 Å². The molecule has 22 heavy (non-hydrogen) atoms. The first-order valence-electron chi connectivity index (χ1n) is 7.47. The summed E-state index contributed by atoms with van der Waals surface area (Å²) in [5.74, 6) is -0.182. The molecular formula is C15H22N4O3. The molecule has 0 unspecified atom stereocenters. The molecule has 1 heterocycles. The van der Waals surface area contributed by atoms with Crippen LogP contribution in [-0.2, 0) is 4.79 Å². The summed E-state index contributed by atoms with van der Waals surface area (Å²) in [5, 5.41) is 14.1. The van der Waals surface area contributed by atoms with Crippen molar-refractivity contribution in [3.05, 3.63) is 27.8 Å². The molecule has 7 nitrogen and oxygen atoms in total. The van der Waals surface area contributed by atoms with E-state index in [4.69, 9.17) is 0 Å². The van der Waals surface area contributed by atoms with Gasteiger partial charge < -0.3 is 15.1 Å². The molecule has 0 spiro atoms. The summed E-state index contributed by atoms with van der Waals surface area (Å²) in [4.78, 5) is 26.6. The van der Waals surface area contributed by atoms with Gasteiger partial charge in [0.15, 0.2) is 0 Å². The van der Waals surface area contributed by atoms with Crippen LogP contribution in [0.5, 0.6) is 0 Å². The summed E-state index contributed by atoms with van der Waals surface area (Å²) < 4.78 is 0. The number of hydrogen-bond donors (Lipinski definition) is 1. The van der Waals surface area contributed by atoms with E-state index in [9.17, 15) is 14.9 Å². The molecule has 1 aromatic carbocycles. The number of likely N-dealkylation sites (N-methyl/N-ethyl adjacent to an activating group) is 1. The third-order valence-corrected chi connectivity index (χ3v) is 4.05. The number of nitrogens with zero attached hydrogens (tertiary/aromatic N) is 3. The fourth-order valence-electron chi connectivity index (χ4n) is 2.85. The number of piperazine rings is 1. The Balaban J connectivity index is 2.38. The Morgan fingerprint density at radius 1 is 1.32 bits per heavy atom. The molecule has 0 radical (unpaired) electrons. The van der Waals surface area contributed by atoms with Gasteiger partial charge in [0.05, 0.1) is 4.92 Å². The van der Waals surface area contributed by atoms with E-state index in [1.165, 1.54) is 13.0 Å². The second-order valence-electron chi connectivity index (χ2n) is 5.47. The number of hydrogen-bond acceptors (Lipinski definition) is 5. The minimum Gasteiger partial charge on any atom is -0.363 e.